The number of hydrogen-bond acceptors (Lipinski definition) is 3. The van der Waals surface area contributed by atoms with Crippen LogP contribution in [0.4, 0.5) is 5.69 Å². The van der Waals surface area contributed by atoms with Crippen LogP contribution in [0.3, 0.4) is 0 Å². The summed E-state index contributed by atoms with van der Waals surface area (Å²) in [6.07, 6.45) is 0.771. The fourth-order valence-corrected chi connectivity index (χ4v) is 2.86. The summed E-state index contributed by atoms with van der Waals surface area (Å²) in [4.78, 5) is 0. The smallest absolute Gasteiger partial charge is 0.285 e. The third kappa shape index (κ3) is 2.19. The third-order valence-electron chi connectivity index (χ3n) is 3.66. The molecule has 3 rings (SSSR count). The zero-order valence-corrected chi connectivity index (χ0v) is 11.8. The van der Waals surface area contributed by atoms with Gasteiger partial charge in [-0.15, -0.1) is 0 Å². The molecular formula is C15H15NO3S. The highest BCUT2D eigenvalue weighted by atomic mass is 32.2. The van der Waals surface area contributed by atoms with Crippen LogP contribution in [0.2, 0.25) is 0 Å². The molecule has 5 heteroatoms. The molecule has 2 aromatic carbocycles. The van der Waals surface area contributed by atoms with Gasteiger partial charge < -0.3 is 5.32 Å². The zero-order valence-electron chi connectivity index (χ0n) is 11.0. The number of hydrogen-bond donors (Lipinski definition) is 2. The van der Waals surface area contributed by atoms with Crippen LogP contribution in [0.25, 0.3) is 11.1 Å². The maximum Gasteiger partial charge on any atom is 0.285 e. The van der Waals surface area contributed by atoms with Gasteiger partial charge in [0.15, 0.2) is 5.37 Å². The molecule has 1 aliphatic rings. The Balaban J connectivity index is 2.02. The van der Waals surface area contributed by atoms with Gasteiger partial charge in [0.05, 0.1) is 0 Å². The van der Waals surface area contributed by atoms with Gasteiger partial charge in [-0.25, -0.2) is 0 Å². The van der Waals surface area contributed by atoms with Crippen molar-refractivity contribution in [1.82, 2.24) is 0 Å². The van der Waals surface area contributed by atoms with Crippen molar-refractivity contribution < 1.29 is 13.0 Å². The van der Waals surface area contributed by atoms with Gasteiger partial charge in [0.2, 0.25) is 0 Å². The molecule has 2 N–H and O–H groups in total. The summed E-state index contributed by atoms with van der Waals surface area (Å²) < 4.78 is 31.4. The van der Waals surface area contributed by atoms with E-state index in [0.29, 0.717) is 0 Å². The first-order chi connectivity index (χ1) is 9.47. The standard InChI is InChI=1S/C15H15NO3S/c1-10(20(17,18)19)16-15-8-4-7-13-12-6-3-2-5-11(12)9-14(13)15/h2-8,10,16H,9H2,1H3,(H,17,18,19). The van der Waals surface area contributed by atoms with Crippen LogP contribution in [0.1, 0.15) is 18.1 Å². The highest BCUT2D eigenvalue weighted by Crippen LogP contribution is 2.40. The van der Waals surface area contributed by atoms with Crippen molar-refractivity contribution >= 4 is 15.8 Å². The number of benzene rings is 2. The monoisotopic (exact) mass is 289 g/mol. The van der Waals surface area contributed by atoms with E-state index < -0.39 is 15.5 Å². The van der Waals surface area contributed by atoms with Crippen LogP contribution in [0.5, 0.6) is 0 Å². The first-order valence-electron chi connectivity index (χ1n) is 6.40. The fourth-order valence-electron chi connectivity index (χ4n) is 2.59. The Morgan fingerprint density at radius 2 is 1.80 bits per heavy atom. The third-order valence-corrected chi connectivity index (χ3v) is 4.67. The summed E-state index contributed by atoms with van der Waals surface area (Å²) in [6, 6.07) is 13.9. The molecule has 4 nitrogen and oxygen atoms in total. The molecule has 1 unspecified atom stereocenters. The molecule has 0 spiro atoms. The van der Waals surface area contributed by atoms with E-state index in [4.69, 9.17) is 4.55 Å². The molecule has 0 saturated heterocycles. The average molecular weight is 289 g/mol. The van der Waals surface area contributed by atoms with Crippen molar-refractivity contribution in [2.75, 3.05) is 5.32 Å². The summed E-state index contributed by atoms with van der Waals surface area (Å²) in [5.41, 5.74) is 5.36. The second kappa shape index (κ2) is 4.61. The molecule has 1 aliphatic carbocycles. The van der Waals surface area contributed by atoms with E-state index in [2.05, 4.69) is 17.4 Å². The number of nitrogens with one attached hydrogen (secondary N) is 1. The Morgan fingerprint density at radius 3 is 2.55 bits per heavy atom. The first kappa shape index (κ1) is 13.1. The van der Waals surface area contributed by atoms with Crippen LogP contribution in [-0.2, 0) is 16.5 Å². The lowest BCUT2D eigenvalue weighted by molar-refractivity contribution is 0.475. The van der Waals surface area contributed by atoms with Crippen molar-refractivity contribution in [1.29, 1.82) is 0 Å². The molecular weight excluding hydrogens is 274 g/mol. The molecule has 0 saturated carbocycles. The highest BCUT2D eigenvalue weighted by molar-refractivity contribution is 7.86. The lowest BCUT2D eigenvalue weighted by Gasteiger charge is -2.15. The molecule has 0 aliphatic heterocycles. The van der Waals surface area contributed by atoms with Crippen molar-refractivity contribution in [3.8, 4) is 11.1 Å². The molecule has 20 heavy (non-hydrogen) atoms. The first-order valence-corrected chi connectivity index (χ1v) is 7.90. The molecule has 2 aromatic rings. The van der Waals surface area contributed by atoms with Crippen LogP contribution in [0.15, 0.2) is 42.5 Å². The van der Waals surface area contributed by atoms with Gasteiger partial charge in [-0.1, -0.05) is 36.4 Å². The zero-order chi connectivity index (χ0) is 14.3. The molecule has 0 heterocycles. The Bertz CT molecular complexity index is 768. The van der Waals surface area contributed by atoms with Crippen LogP contribution < -0.4 is 5.32 Å². The Kier molecular flexibility index (Phi) is 3.03. The SMILES string of the molecule is CC(Nc1cccc2c1Cc1ccccc1-2)S(=O)(=O)O. The minimum absolute atomic E-state index is 0.754. The van der Waals surface area contributed by atoms with E-state index in [1.54, 1.807) is 0 Å². The summed E-state index contributed by atoms with van der Waals surface area (Å²) in [5.74, 6) is 0. The molecule has 1 atom stereocenters. The van der Waals surface area contributed by atoms with Gasteiger partial charge in [-0.2, -0.15) is 8.42 Å². The number of fused-ring (bicyclic) bond motifs is 3. The Labute approximate surface area is 118 Å². The van der Waals surface area contributed by atoms with Gasteiger partial charge in [0.25, 0.3) is 10.1 Å². The highest BCUT2D eigenvalue weighted by Gasteiger charge is 2.23. The van der Waals surface area contributed by atoms with Crippen LogP contribution in [0, 0.1) is 0 Å². The van der Waals surface area contributed by atoms with E-state index in [1.807, 2.05) is 30.3 Å². The summed E-state index contributed by atoms with van der Waals surface area (Å²) >= 11 is 0. The van der Waals surface area contributed by atoms with Gasteiger partial charge in [-0.05, 0) is 35.2 Å². The predicted molar refractivity (Wildman–Crippen MR) is 79.3 cm³/mol. The molecule has 0 amide bonds. The Hall–Kier alpha value is -1.85. The van der Waals surface area contributed by atoms with Crippen molar-refractivity contribution in [3.63, 3.8) is 0 Å². The van der Waals surface area contributed by atoms with Crippen molar-refractivity contribution in [2.24, 2.45) is 0 Å². The summed E-state index contributed by atoms with van der Waals surface area (Å²) in [5, 5.41) is 1.85. The lowest BCUT2D eigenvalue weighted by Crippen LogP contribution is -2.26. The maximum atomic E-state index is 11.1. The second-order valence-electron chi connectivity index (χ2n) is 4.97. The fraction of sp³-hybridized carbons (Fsp3) is 0.200. The van der Waals surface area contributed by atoms with Gasteiger partial charge in [0.1, 0.15) is 0 Å². The average Bonchev–Trinajstić information content (AvgIpc) is 2.77. The Morgan fingerprint density at radius 1 is 1.10 bits per heavy atom. The lowest BCUT2D eigenvalue weighted by atomic mass is 10.1. The summed E-state index contributed by atoms with van der Waals surface area (Å²) in [6.45, 7) is 1.43. The van der Waals surface area contributed by atoms with Crippen LogP contribution >= 0.6 is 0 Å². The van der Waals surface area contributed by atoms with E-state index in [9.17, 15) is 8.42 Å². The molecule has 0 bridgehead atoms. The van der Waals surface area contributed by atoms with E-state index in [0.717, 1.165) is 23.2 Å². The molecule has 0 fully saturated rings. The minimum atomic E-state index is -4.10. The quantitative estimate of drug-likeness (QED) is 0.728. The van der Waals surface area contributed by atoms with Gasteiger partial charge >= 0.3 is 0 Å². The second-order valence-corrected chi connectivity index (χ2v) is 6.70. The van der Waals surface area contributed by atoms with E-state index in [-0.39, 0.29) is 0 Å². The van der Waals surface area contributed by atoms with E-state index in [1.165, 1.54) is 18.1 Å². The topological polar surface area (TPSA) is 66.4 Å². The maximum absolute atomic E-state index is 11.1. The summed E-state index contributed by atoms with van der Waals surface area (Å²) in [7, 11) is -4.10. The normalized spacial score (nSPS) is 14.5. The van der Waals surface area contributed by atoms with Gasteiger partial charge in [0, 0.05) is 12.1 Å². The predicted octanol–water partition coefficient (Wildman–Crippen LogP) is 2.90. The number of anilines is 1. The largest absolute Gasteiger partial charge is 0.367 e. The van der Waals surface area contributed by atoms with Crippen molar-refractivity contribution in [3.05, 3.63) is 53.6 Å². The molecule has 0 aromatic heterocycles. The number of rotatable bonds is 3. The minimum Gasteiger partial charge on any atom is -0.367 e. The molecule has 104 valence electrons. The van der Waals surface area contributed by atoms with E-state index >= 15 is 0 Å². The molecule has 0 radical (unpaired) electrons. The van der Waals surface area contributed by atoms with Gasteiger partial charge in [-0.3, -0.25) is 4.55 Å². The van der Waals surface area contributed by atoms with Crippen LogP contribution in [-0.4, -0.2) is 18.3 Å². The van der Waals surface area contributed by atoms with Crippen molar-refractivity contribution in [2.45, 2.75) is 18.7 Å².